The molecule has 0 aliphatic heterocycles. The Morgan fingerprint density at radius 3 is 2.65 bits per heavy atom. The van der Waals surface area contributed by atoms with Gasteiger partial charge in [0.15, 0.2) is 0 Å². The van der Waals surface area contributed by atoms with Crippen LogP contribution in [0.25, 0.3) is 0 Å². The van der Waals surface area contributed by atoms with Gasteiger partial charge in [-0.3, -0.25) is 0 Å². The van der Waals surface area contributed by atoms with E-state index >= 15 is 0 Å². The maximum Gasteiger partial charge on any atom is 0.123 e. The summed E-state index contributed by atoms with van der Waals surface area (Å²) >= 11 is 0. The van der Waals surface area contributed by atoms with Crippen molar-refractivity contribution in [1.29, 1.82) is 0 Å². The number of halogens is 1. The Kier molecular flexibility index (Phi) is 4.10. The summed E-state index contributed by atoms with van der Waals surface area (Å²) in [6.07, 6.45) is 1.76. The molecule has 0 radical (unpaired) electrons. The van der Waals surface area contributed by atoms with Gasteiger partial charge < -0.3 is 15.2 Å². The molecular weight excluding hydrogens is 221 g/mol. The molecular formula is C13H18FNO2. The third-order valence-electron chi connectivity index (χ3n) is 3.28. The van der Waals surface area contributed by atoms with Crippen LogP contribution < -0.4 is 5.32 Å². The van der Waals surface area contributed by atoms with E-state index in [9.17, 15) is 9.50 Å². The van der Waals surface area contributed by atoms with Crippen LogP contribution in [0.4, 0.5) is 4.39 Å². The zero-order valence-electron chi connectivity index (χ0n) is 9.90. The Morgan fingerprint density at radius 1 is 1.41 bits per heavy atom. The molecule has 1 aliphatic rings. The van der Waals surface area contributed by atoms with Gasteiger partial charge in [0.2, 0.25) is 0 Å². The van der Waals surface area contributed by atoms with Crippen molar-refractivity contribution in [2.75, 3.05) is 13.7 Å². The minimum absolute atomic E-state index is 0.282. The first-order valence-corrected chi connectivity index (χ1v) is 5.88. The van der Waals surface area contributed by atoms with Crippen LogP contribution in [0.3, 0.4) is 0 Å². The minimum Gasteiger partial charge on any atom is -0.387 e. The lowest BCUT2D eigenvalue weighted by atomic mass is 9.89. The fourth-order valence-corrected chi connectivity index (χ4v) is 2.01. The van der Waals surface area contributed by atoms with E-state index in [4.69, 9.17) is 4.74 Å². The molecule has 0 amide bonds. The molecule has 0 heterocycles. The molecule has 0 aromatic heterocycles. The highest BCUT2D eigenvalue weighted by atomic mass is 19.1. The highest BCUT2D eigenvalue weighted by Gasteiger charge is 2.28. The van der Waals surface area contributed by atoms with Crippen LogP contribution >= 0.6 is 0 Å². The largest absolute Gasteiger partial charge is 0.387 e. The van der Waals surface area contributed by atoms with Crippen molar-refractivity contribution in [3.8, 4) is 0 Å². The zero-order valence-corrected chi connectivity index (χ0v) is 9.90. The molecule has 1 atom stereocenters. The number of aliphatic hydroxyl groups is 1. The van der Waals surface area contributed by atoms with Crippen LogP contribution in [0, 0.1) is 5.82 Å². The number of rotatable bonds is 5. The van der Waals surface area contributed by atoms with E-state index in [0.29, 0.717) is 18.7 Å². The van der Waals surface area contributed by atoms with Gasteiger partial charge in [-0.05, 0) is 30.5 Å². The third-order valence-corrected chi connectivity index (χ3v) is 3.28. The number of hydrogen-bond donors (Lipinski definition) is 2. The molecule has 94 valence electrons. The standard InChI is InChI=1S/C13H18FNO2/c1-17-12-6-11(7-12)15-8-13(16)9-2-4-10(14)5-3-9/h2-5,11-13,15-16H,6-8H2,1H3. The predicted octanol–water partition coefficient (Wildman–Crippen LogP) is 1.63. The van der Waals surface area contributed by atoms with Gasteiger partial charge in [-0.2, -0.15) is 0 Å². The van der Waals surface area contributed by atoms with Gasteiger partial charge in [-0.1, -0.05) is 12.1 Å². The number of benzene rings is 1. The molecule has 0 bridgehead atoms. The Labute approximate surface area is 101 Å². The second-order valence-electron chi connectivity index (χ2n) is 4.50. The molecule has 17 heavy (non-hydrogen) atoms. The van der Waals surface area contributed by atoms with Crippen LogP contribution in [0.1, 0.15) is 24.5 Å². The van der Waals surface area contributed by atoms with Crippen molar-refractivity contribution in [3.05, 3.63) is 35.6 Å². The molecule has 1 aliphatic carbocycles. The molecule has 3 nitrogen and oxygen atoms in total. The molecule has 4 heteroatoms. The van der Waals surface area contributed by atoms with Crippen molar-refractivity contribution >= 4 is 0 Å². The predicted molar refractivity (Wildman–Crippen MR) is 63.2 cm³/mol. The molecule has 1 unspecified atom stereocenters. The molecule has 1 saturated carbocycles. The van der Waals surface area contributed by atoms with Gasteiger partial charge in [0, 0.05) is 19.7 Å². The van der Waals surface area contributed by atoms with Crippen molar-refractivity contribution in [2.24, 2.45) is 0 Å². The van der Waals surface area contributed by atoms with E-state index in [2.05, 4.69) is 5.32 Å². The summed E-state index contributed by atoms with van der Waals surface area (Å²) in [5.41, 5.74) is 0.738. The average molecular weight is 239 g/mol. The summed E-state index contributed by atoms with van der Waals surface area (Å²) in [7, 11) is 1.72. The maximum absolute atomic E-state index is 12.7. The molecule has 2 rings (SSSR count). The lowest BCUT2D eigenvalue weighted by molar-refractivity contribution is 0.0137. The first-order valence-electron chi connectivity index (χ1n) is 5.88. The topological polar surface area (TPSA) is 41.5 Å². The number of methoxy groups -OCH3 is 1. The van der Waals surface area contributed by atoms with E-state index < -0.39 is 6.10 Å². The fraction of sp³-hybridized carbons (Fsp3) is 0.538. The lowest BCUT2D eigenvalue weighted by Gasteiger charge is -2.35. The lowest BCUT2D eigenvalue weighted by Crippen LogP contribution is -2.46. The summed E-state index contributed by atoms with van der Waals surface area (Å²) in [4.78, 5) is 0. The molecule has 0 saturated heterocycles. The highest BCUT2D eigenvalue weighted by molar-refractivity contribution is 5.18. The van der Waals surface area contributed by atoms with Crippen LogP contribution in [-0.4, -0.2) is 30.9 Å². The molecule has 1 aromatic rings. The van der Waals surface area contributed by atoms with E-state index in [1.54, 1.807) is 19.2 Å². The van der Waals surface area contributed by atoms with E-state index in [-0.39, 0.29) is 5.82 Å². The molecule has 0 spiro atoms. The van der Waals surface area contributed by atoms with Crippen molar-refractivity contribution in [2.45, 2.75) is 31.1 Å². The minimum atomic E-state index is -0.586. The maximum atomic E-state index is 12.7. The second kappa shape index (κ2) is 5.58. The molecule has 1 fully saturated rings. The zero-order chi connectivity index (χ0) is 12.3. The van der Waals surface area contributed by atoms with E-state index in [1.807, 2.05) is 0 Å². The summed E-state index contributed by atoms with van der Waals surface area (Å²) in [5, 5.41) is 13.2. The van der Waals surface area contributed by atoms with Gasteiger partial charge >= 0.3 is 0 Å². The van der Waals surface area contributed by atoms with Crippen LogP contribution in [0.5, 0.6) is 0 Å². The van der Waals surface area contributed by atoms with E-state index in [1.165, 1.54) is 12.1 Å². The molecule has 2 N–H and O–H groups in total. The van der Waals surface area contributed by atoms with Gasteiger partial charge in [0.1, 0.15) is 5.82 Å². The van der Waals surface area contributed by atoms with Crippen LogP contribution in [0.15, 0.2) is 24.3 Å². The number of nitrogens with one attached hydrogen (secondary N) is 1. The van der Waals surface area contributed by atoms with Crippen LogP contribution in [0.2, 0.25) is 0 Å². The second-order valence-corrected chi connectivity index (χ2v) is 4.50. The smallest absolute Gasteiger partial charge is 0.123 e. The number of hydrogen-bond acceptors (Lipinski definition) is 3. The summed E-state index contributed by atoms with van der Waals surface area (Å²) in [5.74, 6) is -0.282. The number of aliphatic hydroxyl groups excluding tert-OH is 1. The monoisotopic (exact) mass is 239 g/mol. The first kappa shape index (κ1) is 12.5. The van der Waals surface area contributed by atoms with E-state index in [0.717, 1.165) is 18.4 Å². The summed E-state index contributed by atoms with van der Waals surface area (Å²) < 4.78 is 17.9. The normalized spacial score (nSPS) is 25.4. The van der Waals surface area contributed by atoms with Crippen LogP contribution in [-0.2, 0) is 4.74 Å². The SMILES string of the molecule is COC1CC(NCC(O)c2ccc(F)cc2)C1. The fourth-order valence-electron chi connectivity index (χ4n) is 2.01. The highest BCUT2D eigenvalue weighted by Crippen LogP contribution is 2.23. The Bertz CT molecular complexity index is 349. The number of ether oxygens (including phenoxy) is 1. The Hall–Kier alpha value is -0.970. The van der Waals surface area contributed by atoms with Crippen molar-refractivity contribution < 1.29 is 14.2 Å². The summed E-state index contributed by atoms with van der Waals surface area (Å²) in [6.45, 7) is 0.493. The Balaban J connectivity index is 1.74. The Morgan fingerprint density at radius 2 is 2.06 bits per heavy atom. The van der Waals surface area contributed by atoms with Gasteiger partial charge in [0.25, 0.3) is 0 Å². The first-order chi connectivity index (χ1) is 8.19. The third kappa shape index (κ3) is 3.25. The van der Waals surface area contributed by atoms with Crippen molar-refractivity contribution in [1.82, 2.24) is 5.32 Å². The quantitative estimate of drug-likeness (QED) is 0.820. The van der Waals surface area contributed by atoms with Gasteiger partial charge in [0.05, 0.1) is 12.2 Å². The summed E-state index contributed by atoms with van der Waals surface area (Å²) in [6, 6.07) is 6.38. The van der Waals surface area contributed by atoms with Crippen molar-refractivity contribution in [3.63, 3.8) is 0 Å². The van der Waals surface area contributed by atoms with Gasteiger partial charge in [-0.15, -0.1) is 0 Å². The molecule has 1 aromatic carbocycles. The average Bonchev–Trinajstić information content (AvgIpc) is 2.28. The van der Waals surface area contributed by atoms with Gasteiger partial charge in [-0.25, -0.2) is 4.39 Å².